The smallest absolute Gasteiger partial charge is 0.410 e. The standard InChI is InChI=1S/C19H23N3O3/c23-18-13-22(19(24)25-14-15-4-2-1-3-5-15)11-8-16(18)12-21-17-6-9-20-10-7-17/h1-7,9-10,16,18,23H,8,11-14H2,(H,20,21)/t16-,18-/m0/s1. The second kappa shape index (κ2) is 8.48. The Morgan fingerprint density at radius 1 is 1.24 bits per heavy atom. The van der Waals surface area contributed by atoms with E-state index in [1.807, 2.05) is 42.5 Å². The Morgan fingerprint density at radius 2 is 2.00 bits per heavy atom. The number of rotatable bonds is 5. The van der Waals surface area contributed by atoms with Crippen molar-refractivity contribution >= 4 is 11.8 Å². The minimum Gasteiger partial charge on any atom is -0.445 e. The number of likely N-dealkylation sites (tertiary alicyclic amines) is 1. The van der Waals surface area contributed by atoms with Gasteiger partial charge in [0.2, 0.25) is 0 Å². The summed E-state index contributed by atoms with van der Waals surface area (Å²) in [6.45, 7) is 1.81. The second-order valence-electron chi connectivity index (χ2n) is 6.22. The third-order valence-corrected chi connectivity index (χ3v) is 4.43. The van der Waals surface area contributed by atoms with E-state index in [2.05, 4.69) is 10.3 Å². The summed E-state index contributed by atoms with van der Waals surface area (Å²) in [4.78, 5) is 17.7. The summed E-state index contributed by atoms with van der Waals surface area (Å²) >= 11 is 0. The quantitative estimate of drug-likeness (QED) is 0.874. The average Bonchev–Trinajstić information content (AvgIpc) is 2.66. The minimum absolute atomic E-state index is 0.103. The monoisotopic (exact) mass is 341 g/mol. The lowest BCUT2D eigenvalue weighted by Crippen LogP contribution is -2.48. The third kappa shape index (κ3) is 4.93. The highest BCUT2D eigenvalue weighted by Gasteiger charge is 2.30. The van der Waals surface area contributed by atoms with Crippen molar-refractivity contribution in [1.29, 1.82) is 0 Å². The number of carbonyl (C=O) groups is 1. The number of nitrogens with zero attached hydrogens (tertiary/aromatic N) is 2. The number of hydrogen-bond acceptors (Lipinski definition) is 5. The zero-order chi connectivity index (χ0) is 17.5. The maximum Gasteiger partial charge on any atom is 0.410 e. The molecule has 1 fully saturated rings. The van der Waals surface area contributed by atoms with Crippen LogP contribution in [0.2, 0.25) is 0 Å². The van der Waals surface area contributed by atoms with E-state index in [1.54, 1.807) is 17.3 Å². The molecule has 1 aromatic carbocycles. The highest BCUT2D eigenvalue weighted by atomic mass is 16.6. The number of aromatic nitrogens is 1. The van der Waals surface area contributed by atoms with Gasteiger partial charge in [-0.3, -0.25) is 4.98 Å². The molecule has 6 heteroatoms. The fourth-order valence-corrected chi connectivity index (χ4v) is 2.91. The molecule has 0 radical (unpaired) electrons. The van der Waals surface area contributed by atoms with Crippen LogP contribution in [0.25, 0.3) is 0 Å². The topological polar surface area (TPSA) is 74.7 Å². The molecule has 3 rings (SSSR count). The summed E-state index contributed by atoms with van der Waals surface area (Å²) in [7, 11) is 0. The molecule has 0 saturated carbocycles. The van der Waals surface area contributed by atoms with Gasteiger partial charge in [0.1, 0.15) is 6.61 Å². The number of anilines is 1. The van der Waals surface area contributed by atoms with Gasteiger partial charge in [-0.1, -0.05) is 30.3 Å². The summed E-state index contributed by atoms with van der Waals surface area (Å²) in [6, 6.07) is 13.4. The van der Waals surface area contributed by atoms with Crippen molar-refractivity contribution in [1.82, 2.24) is 9.88 Å². The predicted molar refractivity (Wildman–Crippen MR) is 95.0 cm³/mol. The van der Waals surface area contributed by atoms with Crippen molar-refractivity contribution < 1.29 is 14.6 Å². The van der Waals surface area contributed by atoms with Gasteiger partial charge >= 0.3 is 6.09 Å². The van der Waals surface area contributed by atoms with E-state index in [0.717, 1.165) is 17.7 Å². The number of aliphatic hydroxyl groups is 1. The predicted octanol–water partition coefficient (Wildman–Crippen LogP) is 2.51. The highest BCUT2D eigenvalue weighted by molar-refractivity contribution is 5.67. The number of pyridine rings is 1. The molecule has 0 unspecified atom stereocenters. The van der Waals surface area contributed by atoms with Crippen LogP contribution in [0.1, 0.15) is 12.0 Å². The molecule has 25 heavy (non-hydrogen) atoms. The molecule has 0 aliphatic carbocycles. The van der Waals surface area contributed by atoms with Gasteiger partial charge < -0.3 is 20.1 Å². The number of β-amino-alcohol motifs (C(OH)–C–C–N with tert-alkyl or cyclic N) is 1. The summed E-state index contributed by atoms with van der Waals surface area (Å²) in [5.74, 6) is 0.103. The summed E-state index contributed by atoms with van der Waals surface area (Å²) in [6.07, 6.45) is 3.25. The summed E-state index contributed by atoms with van der Waals surface area (Å²) < 4.78 is 5.33. The summed E-state index contributed by atoms with van der Waals surface area (Å²) in [5, 5.41) is 13.7. The van der Waals surface area contributed by atoms with Crippen molar-refractivity contribution in [2.24, 2.45) is 5.92 Å². The van der Waals surface area contributed by atoms with Crippen molar-refractivity contribution in [3.8, 4) is 0 Å². The van der Waals surface area contributed by atoms with Gasteiger partial charge in [-0.15, -0.1) is 0 Å². The van der Waals surface area contributed by atoms with E-state index >= 15 is 0 Å². The van der Waals surface area contributed by atoms with Crippen LogP contribution in [0, 0.1) is 5.92 Å². The molecule has 2 aromatic rings. The number of amides is 1. The van der Waals surface area contributed by atoms with E-state index < -0.39 is 6.10 Å². The van der Waals surface area contributed by atoms with Crippen LogP contribution in [-0.4, -0.2) is 46.8 Å². The lowest BCUT2D eigenvalue weighted by atomic mass is 9.94. The van der Waals surface area contributed by atoms with Crippen LogP contribution in [0.5, 0.6) is 0 Å². The van der Waals surface area contributed by atoms with Crippen molar-refractivity contribution in [3.63, 3.8) is 0 Å². The molecule has 0 spiro atoms. The Morgan fingerprint density at radius 3 is 2.72 bits per heavy atom. The maximum absolute atomic E-state index is 12.2. The van der Waals surface area contributed by atoms with Crippen molar-refractivity contribution in [3.05, 3.63) is 60.4 Å². The van der Waals surface area contributed by atoms with Crippen molar-refractivity contribution in [2.45, 2.75) is 19.1 Å². The van der Waals surface area contributed by atoms with E-state index in [1.165, 1.54) is 0 Å². The second-order valence-corrected chi connectivity index (χ2v) is 6.22. The molecule has 2 N–H and O–H groups in total. The number of ether oxygens (including phenoxy) is 1. The third-order valence-electron chi connectivity index (χ3n) is 4.43. The Balaban J connectivity index is 1.43. The molecule has 6 nitrogen and oxygen atoms in total. The van der Waals surface area contributed by atoms with Gasteiger partial charge in [-0.2, -0.15) is 0 Å². The van der Waals surface area contributed by atoms with E-state index in [9.17, 15) is 9.90 Å². The number of benzene rings is 1. The van der Waals surface area contributed by atoms with Gasteiger partial charge in [-0.05, 0) is 24.1 Å². The van der Waals surface area contributed by atoms with E-state index in [4.69, 9.17) is 4.74 Å². The van der Waals surface area contributed by atoms with Crippen LogP contribution in [0.15, 0.2) is 54.9 Å². The SMILES string of the molecule is O=C(OCc1ccccc1)N1CC[C@@H](CNc2ccncc2)[C@@H](O)C1. The number of nitrogens with one attached hydrogen (secondary N) is 1. The number of piperidine rings is 1. The molecular formula is C19H23N3O3. The van der Waals surface area contributed by atoms with Gasteiger partial charge in [0.15, 0.2) is 0 Å². The van der Waals surface area contributed by atoms with E-state index in [-0.39, 0.29) is 18.6 Å². The first-order valence-corrected chi connectivity index (χ1v) is 8.50. The normalized spacial score (nSPS) is 20.1. The van der Waals surface area contributed by atoms with Crippen LogP contribution in [0.3, 0.4) is 0 Å². The average molecular weight is 341 g/mol. The first-order valence-electron chi connectivity index (χ1n) is 8.50. The lowest BCUT2D eigenvalue weighted by molar-refractivity contribution is 0.0175. The molecule has 2 atom stereocenters. The molecule has 1 aliphatic rings. The summed E-state index contributed by atoms with van der Waals surface area (Å²) in [5.41, 5.74) is 1.93. The zero-order valence-electron chi connectivity index (χ0n) is 14.0. The molecule has 1 saturated heterocycles. The number of aliphatic hydroxyl groups excluding tert-OH is 1. The van der Waals surface area contributed by atoms with Gasteiger partial charge in [-0.25, -0.2) is 4.79 Å². The van der Waals surface area contributed by atoms with Crippen molar-refractivity contribution in [2.75, 3.05) is 25.0 Å². The molecule has 1 aromatic heterocycles. The van der Waals surface area contributed by atoms with Crippen LogP contribution < -0.4 is 5.32 Å². The molecular weight excluding hydrogens is 318 g/mol. The highest BCUT2D eigenvalue weighted by Crippen LogP contribution is 2.20. The zero-order valence-corrected chi connectivity index (χ0v) is 14.0. The Hall–Kier alpha value is -2.60. The lowest BCUT2D eigenvalue weighted by Gasteiger charge is -2.35. The Kier molecular flexibility index (Phi) is 5.85. The largest absolute Gasteiger partial charge is 0.445 e. The van der Waals surface area contributed by atoms with Crippen LogP contribution >= 0.6 is 0 Å². The van der Waals surface area contributed by atoms with Gasteiger partial charge in [0, 0.05) is 37.1 Å². The molecule has 2 heterocycles. The van der Waals surface area contributed by atoms with Crippen LogP contribution in [-0.2, 0) is 11.3 Å². The minimum atomic E-state index is -0.563. The first-order chi connectivity index (χ1) is 12.2. The molecule has 132 valence electrons. The number of carbonyl (C=O) groups excluding carboxylic acids is 1. The Bertz CT molecular complexity index is 666. The molecule has 1 aliphatic heterocycles. The fourth-order valence-electron chi connectivity index (χ4n) is 2.91. The molecule has 1 amide bonds. The number of hydrogen-bond donors (Lipinski definition) is 2. The van der Waals surface area contributed by atoms with Crippen LogP contribution in [0.4, 0.5) is 10.5 Å². The fraction of sp³-hybridized carbons (Fsp3) is 0.368. The molecule has 0 bridgehead atoms. The maximum atomic E-state index is 12.2. The van der Waals surface area contributed by atoms with Gasteiger partial charge in [0.25, 0.3) is 0 Å². The van der Waals surface area contributed by atoms with E-state index in [0.29, 0.717) is 19.6 Å². The van der Waals surface area contributed by atoms with Gasteiger partial charge in [0.05, 0.1) is 12.6 Å². The Labute approximate surface area is 147 Å². The first kappa shape index (κ1) is 17.2.